The van der Waals surface area contributed by atoms with Crippen LogP contribution < -0.4 is 4.90 Å². The number of carbonyl (C=O) groups excluding carboxylic acids is 3. The number of nitrogens with zero attached hydrogens (tertiary/aromatic N) is 1. The highest BCUT2D eigenvalue weighted by Gasteiger charge is 2.42. The SMILES string of the molecule is COC(=O)c1sc(C#CC(C)(C)C)cc1N(C(=O)[C@H]1CC[C@@H](C)CC1)[C@H]1C[C@@H](COC(C)=O)C1. The molecule has 2 aliphatic rings. The molecule has 0 bridgehead atoms. The fourth-order valence-corrected chi connectivity index (χ4v) is 5.51. The molecule has 3 rings (SSSR count). The fraction of sp³-hybridized carbons (Fsp3) is 0.667. The maximum Gasteiger partial charge on any atom is 0.350 e. The Morgan fingerprint density at radius 3 is 2.35 bits per heavy atom. The first-order valence-corrected chi connectivity index (χ1v) is 13.0. The smallest absolute Gasteiger partial charge is 0.350 e. The van der Waals surface area contributed by atoms with Gasteiger partial charge in [0.25, 0.3) is 0 Å². The number of thiophene rings is 1. The summed E-state index contributed by atoms with van der Waals surface area (Å²) in [5.74, 6) is 6.56. The highest BCUT2D eigenvalue weighted by atomic mass is 32.1. The Balaban J connectivity index is 1.94. The van der Waals surface area contributed by atoms with Crippen LogP contribution in [0.25, 0.3) is 0 Å². The molecule has 1 heterocycles. The van der Waals surface area contributed by atoms with Gasteiger partial charge in [-0.05, 0) is 77.2 Å². The van der Waals surface area contributed by atoms with Crippen LogP contribution in [0.15, 0.2) is 6.07 Å². The van der Waals surface area contributed by atoms with Crippen LogP contribution in [0.2, 0.25) is 0 Å². The molecule has 1 aromatic heterocycles. The molecule has 34 heavy (non-hydrogen) atoms. The van der Waals surface area contributed by atoms with E-state index in [1.807, 2.05) is 31.7 Å². The topological polar surface area (TPSA) is 72.9 Å². The second kappa shape index (κ2) is 10.9. The van der Waals surface area contributed by atoms with E-state index in [-0.39, 0.29) is 35.2 Å². The first-order valence-electron chi connectivity index (χ1n) is 12.2. The molecule has 0 atom stereocenters. The zero-order valence-corrected chi connectivity index (χ0v) is 22.0. The van der Waals surface area contributed by atoms with Crippen molar-refractivity contribution in [3.63, 3.8) is 0 Å². The predicted octanol–water partition coefficient (Wildman–Crippen LogP) is 5.43. The van der Waals surface area contributed by atoms with E-state index in [1.165, 1.54) is 25.4 Å². The molecular formula is C27H37NO5S. The molecule has 186 valence electrons. The number of ether oxygens (including phenoxy) is 2. The lowest BCUT2D eigenvalue weighted by Gasteiger charge is -2.44. The van der Waals surface area contributed by atoms with Gasteiger partial charge in [0, 0.05) is 24.3 Å². The van der Waals surface area contributed by atoms with Crippen LogP contribution in [0.1, 0.15) is 87.7 Å². The zero-order chi connectivity index (χ0) is 25.0. The molecule has 1 amide bonds. The van der Waals surface area contributed by atoms with Crippen LogP contribution in [0.5, 0.6) is 0 Å². The van der Waals surface area contributed by atoms with Crippen LogP contribution in [-0.4, -0.2) is 37.6 Å². The largest absolute Gasteiger partial charge is 0.466 e. The Hall–Kier alpha value is -2.33. The monoisotopic (exact) mass is 487 g/mol. The molecule has 0 unspecified atom stereocenters. The van der Waals surface area contributed by atoms with Gasteiger partial charge >= 0.3 is 11.9 Å². The van der Waals surface area contributed by atoms with Crippen molar-refractivity contribution < 1.29 is 23.9 Å². The van der Waals surface area contributed by atoms with Crippen molar-refractivity contribution in [2.75, 3.05) is 18.6 Å². The summed E-state index contributed by atoms with van der Waals surface area (Å²) < 4.78 is 10.3. The summed E-state index contributed by atoms with van der Waals surface area (Å²) in [6.07, 6.45) is 5.30. The average Bonchev–Trinajstić information content (AvgIpc) is 3.16. The van der Waals surface area contributed by atoms with Crippen LogP contribution in [0.4, 0.5) is 5.69 Å². The lowest BCUT2D eigenvalue weighted by atomic mass is 9.77. The number of anilines is 1. The highest BCUT2D eigenvalue weighted by Crippen LogP contribution is 2.42. The molecule has 0 N–H and O–H groups in total. The quantitative estimate of drug-likeness (QED) is 0.395. The average molecular weight is 488 g/mol. The van der Waals surface area contributed by atoms with Gasteiger partial charge in [-0.3, -0.25) is 9.59 Å². The Labute approximate surface area is 207 Å². The summed E-state index contributed by atoms with van der Waals surface area (Å²) in [6.45, 7) is 10.1. The zero-order valence-electron chi connectivity index (χ0n) is 21.2. The third-order valence-corrected chi connectivity index (χ3v) is 7.62. The van der Waals surface area contributed by atoms with Crippen molar-refractivity contribution >= 4 is 34.9 Å². The van der Waals surface area contributed by atoms with Crippen molar-refractivity contribution in [2.24, 2.45) is 23.2 Å². The second-order valence-corrected chi connectivity index (χ2v) is 11.8. The second-order valence-electron chi connectivity index (χ2n) is 10.8. The number of hydrogen-bond acceptors (Lipinski definition) is 6. The number of rotatable bonds is 6. The van der Waals surface area contributed by atoms with Crippen LogP contribution >= 0.6 is 11.3 Å². The molecule has 0 spiro atoms. The van der Waals surface area contributed by atoms with Crippen molar-refractivity contribution in [3.8, 4) is 11.8 Å². The maximum absolute atomic E-state index is 13.9. The number of esters is 2. The fourth-order valence-electron chi connectivity index (χ4n) is 4.59. The molecular weight excluding hydrogens is 450 g/mol. The molecule has 1 aromatic rings. The summed E-state index contributed by atoms with van der Waals surface area (Å²) >= 11 is 1.28. The van der Waals surface area contributed by atoms with Gasteiger partial charge in [-0.25, -0.2) is 4.79 Å². The molecule has 6 nitrogen and oxygen atoms in total. The number of carbonyl (C=O) groups is 3. The van der Waals surface area contributed by atoms with Crippen molar-refractivity contribution in [1.29, 1.82) is 0 Å². The molecule has 2 fully saturated rings. The van der Waals surface area contributed by atoms with E-state index in [9.17, 15) is 14.4 Å². The van der Waals surface area contributed by atoms with E-state index in [2.05, 4.69) is 18.8 Å². The maximum atomic E-state index is 13.9. The molecule has 2 saturated carbocycles. The van der Waals surface area contributed by atoms with Crippen molar-refractivity contribution in [2.45, 2.75) is 79.2 Å². The summed E-state index contributed by atoms with van der Waals surface area (Å²) in [7, 11) is 1.36. The summed E-state index contributed by atoms with van der Waals surface area (Å²) in [6, 6.07) is 1.84. The third kappa shape index (κ3) is 6.63. The van der Waals surface area contributed by atoms with Gasteiger partial charge in [0.05, 0.1) is 24.3 Å². The van der Waals surface area contributed by atoms with E-state index in [0.717, 1.165) is 43.4 Å². The van der Waals surface area contributed by atoms with E-state index < -0.39 is 5.97 Å². The van der Waals surface area contributed by atoms with Crippen molar-refractivity contribution in [1.82, 2.24) is 0 Å². The van der Waals surface area contributed by atoms with Gasteiger partial charge in [-0.2, -0.15) is 0 Å². The van der Waals surface area contributed by atoms with Gasteiger partial charge in [-0.1, -0.05) is 18.8 Å². The Bertz CT molecular complexity index is 965. The van der Waals surface area contributed by atoms with Gasteiger partial charge in [0.1, 0.15) is 4.88 Å². The lowest BCUT2D eigenvalue weighted by Crippen LogP contribution is -2.51. The van der Waals surface area contributed by atoms with Gasteiger partial charge in [-0.15, -0.1) is 11.3 Å². The Morgan fingerprint density at radius 2 is 1.79 bits per heavy atom. The van der Waals surface area contributed by atoms with Crippen molar-refractivity contribution in [3.05, 3.63) is 15.8 Å². The first kappa shape index (κ1) is 26.3. The summed E-state index contributed by atoms with van der Waals surface area (Å²) in [5, 5.41) is 0. The van der Waals surface area contributed by atoms with E-state index in [0.29, 0.717) is 23.1 Å². The van der Waals surface area contributed by atoms with E-state index in [4.69, 9.17) is 9.47 Å². The molecule has 0 aromatic carbocycles. The van der Waals surface area contributed by atoms with Gasteiger partial charge in [0.15, 0.2) is 0 Å². The Kier molecular flexibility index (Phi) is 8.46. The minimum absolute atomic E-state index is 0.0335. The van der Waals surface area contributed by atoms with Crippen LogP contribution in [-0.2, 0) is 19.1 Å². The van der Waals surface area contributed by atoms with Crippen LogP contribution in [0.3, 0.4) is 0 Å². The van der Waals surface area contributed by atoms with E-state index in [1.54, 1.807) is 0 Å². The normalized spacial score (nSPS) is 24.3. The molecule has 0 aliphatic heterocycles. The molecule has 0 saturated heterocycles. The minimum Gasteiger partial charge on any atom is -0.466 e. The number of amides is 1. The molecule has 2 aliphatic carbocycles. The van der Waals surface area contributed by atoms with E-state index >= 15 is 0 Å². The highest BCUT2D eigenvalue weighted by molar-refractivity contribution is 7.15. The first-order chi connectivity index (χ1) is 16.0. The lowest BCUT2D eigenvalue weighted by molar-refractivity contribution is -0.143. The summed E-state index contributed by atoms with van der Waals surface area (Å²) in [5.41, 5.74) is 0.427. The predicted molar refractivity (Wildman–Crippen MR) is 134 cm³/mol. The molecule has 0 radical (unpaired) electrons. The van der Waals surface area contributed by atoms with Gasteiger partial charge in [0.2, 0.25) is 5.91 Å². The van der Waals surface area contributed by atoms with Gasteiger partial charge < -0.3 is 14.4 Å². The van der Waals surface area contributed by atoms with Crippen LogP contribution in [0, 0.1) is 35.0 Å². The number of hydrogen-bond donors (Lipinski definition) is 0. The standard InChI is InChI=1S/C27H37NO5S/c1-17-7-9-20(10-8-17)25(30)28(21-13-19(14-21)16-33-18(2)29)23-15-22(11-12-27(3,4)5)34-24(23)26(31)32-6/h15,17,19-21H,7-10,13-14,16H2,1-6H3/t17-,19-,20+,21+. The summed E-state index contributed by atoms with van der Waals surface area (Å²) in [4.78, 5) is 40.8. The Morgan fingerprint density at radius 1 is 1.15 bits per heavy atom. The third-order valence-electron chi connectivity index (χ3n) is 6.60. The minimum atomic E-state index is -0.449. The number of methoxy groups -OCH3 is 1. The molecule has 7 heteroatoms.